The molecular weight excluding hydrogens is 198 g/mol. The minimum Gasteiger partial charge on any atom is -0.392 e. The maximum atomic E-state index is 9.40. The third kappa shape index (κ3) is 3.24. The summed E-state index contributed by atoms with van der Waals surface area (Å²) < 4.78 is 0. The summed E-state index contributed by atoms with van der Waals surface area (Å²) in [5.41, 5.74) is 3.44. The lowest BCUT2D eigenvalue weighted by Crippen LogP contribution is -2.26. The van der Waals surface area contributed by atoms with Crippen molar-refractivity contribution in [2.45, 2.75) is 40.2 Å². The molecule has 0 fully saturated rings. The predicted molar refractivity (Wildman–Crippen MR) is 69.9 cm³/mol. The first-order chi connectivity index (χ1) is 7.72. The van der Waals surface area contributed by atoms with Crippen LogP contribution in [-0.2, 0) is 6.61 Å². The lowest BCUT2D eigenvalue weighted by atomic mass is 10.1. The van der Waals surface area contributed by atoms with Crippen molar-refractivity contribution in [1.82, 2.24) is 0 Å². The van der Waals surface area contributed by atoms with Crippen molar-refractivity contribution in [3.8, 4) is 0 Å². The number of anilines is 1. The van der Waals surface area contributed by atoms with E-state index in [0.29, 0.717) is 0 Å². The van der Waals surface area contributed by atoms with Crippen molar-refractivity contribution in [3.63, 3.8) is 0 Å². The third-order valence-corrected chi connectivity index (χ3v) is 2.73. The molecule has 0 aliphatic rings. The highest BCUT2D eigenvalue weighted by molar-refractivity contribution is 5.54. The SMILES string of the molecule is CCCN(CCC)c1ccc(C)cc1CO. The zero-order valence-electron chi connectivity index (χ0n) is 10.7. The van der Waals surface area contributed by atoms with E-state index in [2.05, 4.69) is 43.9 Å². The molecule has 1 aromatic rings. The van der Waals surface area contributed by atoms with Gasteiger partial charge < -0.3 is 10.0 Å². The van der Waals surface area contributed by atoms with E-state index in [4.69, 9.17) is 0 Å². The molecular formula is C14H23NO. The maximum Gasteiger partial charge on any atom is 0.0702 e. The number of hydrogen-bond donors (Lipinski definition) is 1. The van der Waals surface area contributed by atoms with Crippen LogP contribution >= 0.6 is 0 Å². The molecule has 1 N–H and O–H groups in total. The molecule has 0 saturated carbocycles. The van der Waals surface area contributed by atoms with Gasteiger partial charge in [0.2, 0.25) is 0 Å². The van der Waals surface area contributed by atoms with Gasteiger partial charge in [-0.2, -0.15) is 0 Å². The standard InChI is InChI=1S/C14H23NO/c1-4-8-15(9-5-2)14-7-6-12(3)10-13(14)11-16/h6-7,10,16H,4-5,8-9,11H2,1-3H3. The Balaban J connectivity index is 2.97. The Morgan fingerprint density at radius 1 is 1.12 bits per heavy atom. The largest absolute Gasteiger partial charge is 0.392 e. The highest BCUT2D eigenvalue weighted by Crippen LogP contribution is 2.22. The molecule has 1 aromatic carbocycles. The second-order valence-corrected chi connectivity index (χ2v) is 4.28. The number of rotatable bonds is 6. The molecule has 2 nitrogen and oxygen atoms in total. The first kappa shape index (κ1) is 13.0. The van der Waals surface area contributed by atoms with Gasteiger partial charge in [0.25, 0.3) is 0 Å². The van der Waals surface area contributed by atoms with Crippen LogP contribution in [0.5, 0.6) is 0 Å². The number of benzene rings is 1. The maximum absolute atomic E-state index is 9.40. The van der Waals surface area contributed by atoms with Crippen molar-refractivity contribution in [3.05, 3.63) is 29.3 Å². The Bertz CT molecular complexity index is 317. The lowest BCUT2D eigenvalue weighted by Gasteiger charge is -2.26. The van der Waals surface area contributed by atoms with Crippen LogP contribution in [0.3, 0.4) is 0 Å². The van der Waals surface area contributed by atoms with E-state index in [1.807, 2.05) is 0 Å². The van der Waals surface area contributed by atoms with Crippen LogP contribution in [0.1, 0.15) is 37.8 Å². The van der Waals surface area contributed by atoms with Gasteiger partial charge in [-0.1, -0.05) is 31.5 Å². The van der Waals surface area contributed by atoms with Gasteiger partial charge >= 0.3 is 0 Å². The van der Waals surface area contributed by atoms with E-state index in [9.17, 15) is 5.11 Å². The quantitative estimate of drug-likeness (QED) is 0.798. The molecule has 0 aliphatic carbocycles. The van der Waals surface area contributed by atoms with Gasteiger partial charge in [-0.3, -0.25) is 0 Å². The summed E-state index contributed by atoms with van der Waals surface area (Å²) in [7, 11) is 0. The molecule has 90 valence electrons. The Morgan fingerprint density at radius 2 is 1.75 bits per heavy atom. The van der Waals surface area contributed by atoms with Crippen LogP contribution < -0.4 is 4.90 Å². The third-order valence-electron chi connectivity index (χ3n) is 2.73. The molecule has 0 heterocycles. The lowest BCUT2D eigenvalue weighted by molar-refractivity contribution is 0.282. The topological polar surface area (TPSA) is 23.5 Å². The average molecular weight is 221 g/mol. The molecule has 0 saturated heterocycles. The van der Waals surface area contributed by atoms with Crippen molar-refractivity contribution >= 4 is 5.69 Å². The van der Waals surface area contributed by atoms with Gasteiger partial charge in [0.05, 0.1) is 6.61 Å². The molecule has 0 unspecified atom stereocenters. The van der Waals surface area contributed by atoms with Crippen LogP contribution in [0.4, 0.5) is 5.69 Å². The van der Waals surface area contributed by atoms with Crippen molar-refractivity contribution in [2.75, 3.05) is 18.0 Å². The van der Waals surface area contributed by atoms with Crippen LogP contribution in [0.15, 0.2) is 18.2 Å². The molecule has 2 heteroatoms. The summed E-state index contributed by atoms with van der Waals surface area (Å²) in [6, 6.07) is 6.33. The number of hydrogen-bond acceptors (Lipinski definition) is 2. The summed E-state index contributed by atoms with van der Waals surface area (Å²) in [5, 5.41) is 9.40. The molecule has 0 amide bonds. The second kappa shape index (κ2) is 6.54. The Morgan fingerprint density at radius 3 is 2.25 bits per heavy atom. The van der Waals surface area contributed by atoms with Crippen molar-refractivity contribution in [2.24, 2.45) is 0 Å². The van der Waals surface area contributed by atoms with Gasteiger partial charge in [0.1, 0.15) is 0 Å². The Labute approximate surface area is 98.9 Å². The first-order valence-electron chi connectivity index (χ1n) is 6.18. The van der Waals surface area contributed by atoms with Gasteiger partial charge in [-0.05, 0) is 25.8 Å². The number of nitrogens with zero attached hydrogens (tertiary/aromatic N) is 1. The fourth-order valence-corrected chi connectivity index (χ4v) is 2.04. The summed E-state index contributed by atoms with van der Waals surface area (Å²) in [6.07, 6.45) is 2.28. The molecule has 0 radical (unpaired) electrons. The fourth-order valence-electron chi connectivity index (χ4n) is 2.04. The fraction of sp³-hybridized carbons (Fsp3) is 0.571. The monoisotopic (exact) mass is 221 g/mol. The molecule has 0 spiro atoms. The minimum atomic E-state index is 0.126. The summed E-state index contributed by atoms with van der Waals surface area (Å²) in [5.74, 6) is 0. The van der Waals surface area contributed by atoms with E-state index in [1.54, 1.807) is 0 Å². The van der Waals surface area contributed by atoms with Gasteiger partial charge in [0.15, 0.2) is 0 Å². The highest BCUT2D eigenvalue weighted by Gasteiger charge is 2.09. The minimum absolute atomic E-state index is 0.126. The normalized spacial score (nSPS) is 10.5. The van der Waals surface area contributed by atoms with Gasteiger partial charge in [-0.15, -0.1) is 0 Å². The van der Waals surface area contributed by atoms with Crippen LogP contribution in [-0.4, -0.2) is 18.2 Å². The zero-order chi connectivity index (χ0) is 12.0. The summed E-state index contributed by atoms with van der Waals surface area (Å²) in [6.45, 7) is 8.69. The van der Waals surface area contributed by atoms with E-state index in [1.165, 1.54) is 11.3 Å². The molecule has 0 aromatic heterocycles. The molecule has 0 aliphatic heterocycles. The van der Waals surface area contributed by atoms with Gasteiger partial charge in [-0.25, -0.2) is 0 Å². The van der Waals surface area contributed by atoms with Gasteiger partial charge in [0, 0.05) is 24.3 Å². The smallest absolute Gasteiger partial charge is 0.0702 e. The predicted octanol–water partition coefficient (Wildman–Crippen LogP) is 3.11. The van der Waals surface area contributed by atoms with Crippen molar-refractivity contribution < 1.29 is 5.11 Å². The second-order valence-electron chi connectivity index (χ2n) is 4.28. The van der Waals surface area contributed by atoms with Crippen LogP contribution in [0.25, 0.3) is 0 Å². The zero-order valence-corrected chi connectivity index (χ0v) is 10.7. The summed E-state index contributed by atoms with van der Waals surface area (Å²) >= 11 is 0. The van der Waals surface area contributed by atoms with E-state index in [-0.39, 0.29) is 6.61 Å². The van der Waals surface area contributed by atoms with Crippen molar-refractivity contribution in [1.29, 1.82) is 0 Å². The Kier molecular flexibility index (Phi) is 5.33. The summed E-state index contributed by atoms with van der Waals surface area (Å²) in [4.78, 5) is 2.37. The number of aliphatic hydroxyl groups is 1. The molecule has 0 bridgehead atoms. The Hall–Kier alpha value is -1.02. The molecule has 1 rings (SSSR count). The first-order valence-corrected chi connectivity index (χ1v) is 6.18. The highest BCUT2D eigenvalue weighted by atomic mass is 16.3. The van der Waals surface area contributed by atoms with Crippen LogP contribution in [0, 0.1) is 6.92 Å². The molecule has 0 atom stereocenters. The number of aryl methyl sites for hydroxylation is 1. The average Bonchev–Trinajstić information content (AvgIpc) is 2.28. The van der Waals surface area contributed by atoms with Crippen LogP contribution in [0.2, 0.25) is 0 Å². The van der Waals surface area contributed by atoms with E-state index >= 15 is 0 Å². The van der Waals surface area contributed by atoms with E-state index in [0.717, 1.165) is 31.5 Å². The number of aliphatic hydroxyl groups excluding tert-OH is 1. The molecule has 16 heavy (non-hydrogen) atoms. The van der Waals surface area contributed by atoms with E-state index < -0.39 is 0 Å².